The van der Waals surface area contributed by atoms with Gasteiger partial charge in [0, 0.05) is 0 Å². The number of hydrogen-bond donors (Lipinski definition) is 0. The van der Waals surface area contributed by atoms with Gasteiger partial charge in [-0.05, 0) is 6.42 Å². The van der Waals surface area contributed by atoms with Crippen LogP contribution in [0.25, 0.3) is 11.1 Å². The molecule has 0 N–H and O–H groups in total. The zero-order valence-electron chi connectivity index (χ0n) is 11.5. The molecule has 0 saturated heterocycles. The van der Waals surface area contributed by atoms with Crippen LogP contribution in [0.4, 0.5) is 0 Å². The maximum atomic E-state index is 3.30. The SMILES string of the molecule is C.Cl.Cl.[C-]1=CC=CC1.[Zr+2].[c-]1cccc2c1Cc1ccccc1-2. The van der Waals surface area contributed by atoms with Crippen molar-refractivity contribution in [3.63, 3.8) is 0 Å². The predicted molar refractivity (Wildman–Crippen MR) is 96.3 cm³/mol. The molecule has 0 spiro atoms. The number of rotatable bonds is 0. The summed E-state index contributed by atoms with van der Waals surface area (Å²) in [6.45, 7) is 0. The van der Waals surface area contributed by atoms with Crippen molar-refractivity contribution in [1.82, 2.24) is 0 Å². The molecule has 0 saturated carbocycles. The van der Waals surface area contributed by atoms with Crippen molar-refractivity contribution in [3.05, 3.63) is 84.0 Å². The third kappa shape index (κ3) is 5.54. The number of allylic oxidation sites excluding steroid dienone is 4. The summed E-state index contributed by atoms with van der Waals surface area (Å²) in [6.07, 6.45) is 11.0. The largest absolute Gasteiger partial charge is 2.00 e. The molecule has 4 rings (SSSR count). The summed E-state index contributed by atoms with van der Waals surface area (Å²) in [7, 11) is 0. The Balaban J connectivity index is 0. The topological polar surface area (TPSA) is 0 Å². The predicted octanol–water partition coefficient (Wildman–Crippen LogP) is 5.84. The van der Waals surface area contributed by atoms with E-state index in [1.165, 1.54) is 22.3 Å². The number of benzene rings is 2. The van der Waals surface area contributed by atoms with Gasteiger partial charge in [-0.1, -0.05) is 42.8 Å². The van der Waals surface area contributed by atoms with Gasteiger partial charge in [-0.3, -0.25) is 6.08 Å². The molecule has 114 valence electrons. The first-order chi connectivity index (χ1) is 8.95. The van der Waals surface area contributed by atoms with E-state index in [1.807, 2.05) is 18.2 Å². The van der Waals surface area contributed by atoms with Crippen LogP contribution in [0, 0.1) is 12.1 Å². The standard InChI is InChI=1S/C13H9.C5H5.CH4.2ClH.Zr/c1-3-7-12-10(5-1)9-11-6-2-4-8-13(11)12;1-2-4-5-3-1;;;;/h1-5,7-8H,9H2;1-3H,4H2;1H4;2*1H;/q2*-1;;;;+2. The minimum Gasteiger partial charge on any atom is -0.273 e. The molecule has 2 aromatic rings. The van der Waals surface area contributed by atoms with Gasteiger partial charge in [-0.25, -0.2) is 12.2 Å². The molecule has 0 aliphatic heterocycles. The maximum absolute atomic E-state index is 3.30. The summed E-state index contributed by atoms with van der Waals surface area (Å²) in [4.78, 5) is 0. The monoisotopic (exact) mass is 408 g/mol. The second kappa shape index (κ2) is 11.9. The van der Waals surface area contributed by atoms with Crippen LogP contribution in [0.5, 0.6) is 0 Å². The molecule has 0 radical (unpaired) electrons. The molecule has 0 aromatic heterocycles. The second-order valence-electron chi connectivity index (χ2n) is 4.40. The zero-order valence-corrected chi connectivity index (χ0v) is 15.6. The van der Waals surface area contributed by atoms with Crippen LogP contribution >= 0.6 is 24.8 Å². The minimum atomic E-state index is 0. The first-order valence-electron chi connectivity index (χ1n) is 6.25. The van der Waals surface area contributed by atoms with Gasteiger partial charge in [0.05, 0.1) is 0 Å². The third-order valence-corrected chi connectivity index (χ3v) is 3.20. The molecular weight excluding hydrogens is 390 g/mol. The van der Waals surface area contributed by atoms with E-state index in [0.717, 1.165) is 12.8 Å². The van der Waals surface area contributed by atoms with Gasteiger partial charge in [-0.2, -0.15) is 35.9 Å². The fourth-order valence-electron chi connectivity index (χ4n) is 2.34. The molecule has 0 atom stereocenters. The van der Waals surface area contributed by atoms with Crippen LogP contribution < -0.4 is 0 Å². The molecule has 0 unspecified atom stereocenters. The molecule has 3 heteroatoms. The summed E-state index contributed by atoms with van der Waals surface area (Å²) in [6, 6.07) is 18.1. The van der Waals surface area contributed by atoms with Crippen molar-refractivity contribution in [2.75, 3.05) is 0 Å². The molecule has 2 aromatic carbocycles. The Kier molecular flexibility index (Phi) is 12.8. The van der Waals surface area contributed by atoms with E-state index in [1.54, 1.807) is 0 Å². The summed E-state index contributed by atoms with van der Waals surface area (Å²) < 4.78 is 0. The van der Waals surface area contributed by atoms with Crippen molar-refractivity contribution < 1.29 is 26.2 Å². The molecular formula is C19H20Cl2Zr. The Labute approximate surface area is 165 Å². The fraction of sp³-hybridized carbons (Fsp3) is 0.158. The smallest absolute Gasteiger partial charge is 0.273 e. The summed E-state index contributed by atoms with van der Waals surface area (Å²) >= 11 is 0. The Hall–Kier alpha value is -0.617. The van der Waals surface area contributed by atoms with E-state index in [4.69, 9.17) is 0 Å². The fourth-order valence-corrected chi connectivity index (χ4v) is 2.34. The van der Waals surface area contributed by atoms with Crippen molar-refractivity contribution in [2.45, 2.75) is 20.3 Å². The summed E-state index contributed by atoms with van der Waals surface area (Å²) in [5.41, 5.74) is 5.51. The van der Waals surface area contributed by atoms with Crippen molar-refractivity contribution in [2.24, 2.45) is 0 Å². The first-order valence-corrected chi connectivity index (χ1v) is 6.25. The Bertz CT molecular complexity index is 565. The van der Waals surface area contributed by atoms with E-state index in [-0.39, 0.29) is 58.4 Å². The average Bonchev–Trinajstić information content (AvgIpc) is 3.10. The van der Waals surface area contributed by atoms with Gasteiger partial charge in [0.15, 0.2) is 0 Å². The van der Waals surface area contributed by atoms with Gasteiger partial charge in [0.1, 0.15) is 0 Å². The Morgan fingerprint density at radius 1 is 0.909 bits per heavy atom. The Morgan fingerprint density at radius 2 is 1.64 bits per heavy atom. The van der Waals surface area contributed by atoms with Crippen LogP contribution in [0.2, 0.25) is 0 Å². The second-order valence-corrected chi connectivity index (χ2v) is 4.40. The minimum absolute atomic E-state index is 0. The molecule has 2 aliphatic rings. The van der Waals surface area contributed by atoms with Gasteiger partial charge in [0.25, 0.3) is 0 Å². The summed E-state index contributed by atoms with van der Waals surface area (Å²) in [5, 5.41) is 0. The number of halogens is 2. The van der Waals surface area contributed by atoms with Gasteiger partial charge in [-0.15, -0.1) is 36.8 Å². The average molecular weight is 410 g/mol. The van der Waals surface area contributed by atoms with Crippen LogP contribution in [-0.4, -0.2) is 0 Å². The normalized spacial score (nSPS) is 11.3. The van der Waals surface area contributed by atoms with Crippen molar-refractivity contribution >= 4 is 24.8 Å². The van der Waals surface area contributed by atoms with Crippen LogP contribution in [0.1, 0.15) is 25.0 Å². The van der Waals surface area contributed by atoms with E-state index in [2.05, 4.69) is 54.6 Å². The third-order valence-electron chi connectivity index (χ3n) is 3.20. The zero-order chi connectivity index (χ0) is 12.2. The van der Waals surface area contributed by atoms with Gasteiger partial charge < -0.3 is 0 Å². The maximum Gasteiger partial charge on any atom is 2.00 e. The van der Waals surface area contributed by atoms with Crippen LogP contribution in [-0.2, 0) is 32.6 Å². The van der Waals surface area contributed by atoms with E-state index in [9.17, 15) is 0 Å². The van der Waals surface area contributed by atoms with Crippen LogP contribution in [0.3, 0.4) is 0 Å². The van der Waals surface area contributed by atoms with E-state index >= 15 is 0 Å². The van der Waals surface area contributed by atoms with Gasteiger partial charge >= 0.3 is 26.2 Å². The molecule has 0 nitrogen and oxygen atoms in total. The van der Waals surface area contributed by atoms with Crippen LogP contribution in [0.15, 0.2) is 60.7 Å². The quantitative estimate of drug-likeness (QED) is 0.409. The molecule has 0 heterocycles. The van der Waals surface area contributed by atoms with E-state index < -0.39 is 0 Å². The van der Waals surface area contributed by atoms with E-state index in [0.29, 0.717) is 0 Å². The van der Waals surface area contributed by atoms with Gasteiger partial charge in [0.2, 0.25) is 0 Å². The molecule has 0 fully saturated rings. The first kappa shape index (κ1) is 23.6. The van der Waals surface area contributed by atoms with Crippen molar-refractivity contribution in [3.8, 4) is 11.1 Å². The summed E-state index contributed by atoms with van der Waals surface area (Å²) in [5.74, 6) is 0. The molecule has 0 amide bonds. The Morgan fingerprint density at radius 3 is 2.27 bits per heavy atom. The molecule has 0 bridgehead atoms. The van der Waals surface area contributed by atoms with Crippen molar-refractivity contribution in [1.29, 1.82) is 0 Å². The number of hydrogen-bond acceptors (Lipinski definition) is 0. The number of fused-ring (bicyclic) bond motifs is 3. The molecule has 2 aliphatic carbocycles. The molecule has 22 heavy (non-hydrogen) atoms.